The maximum Gasteiger partial charge on any atom is 0.320 e. The molecule has 0 N–H and O–H groups in total. The zero-order valence-electron chi connectivity index (χ0n) is 11.3. The Hall–Kier alpha value is -1.89. The van der Waals surface area contributed by atoms with Gasteiger partial charge in [-0.25, -0.2) is 0 Å². The Morgan fingerprint density at radius 3 is 2.53 bits per heavy atom. The normalized spacial score (nSPS) is 10.7. The molecule has 0 bridgehead atoms. The summed E-state index contributed by atoms with van der Waals surface area (Å²) >= 11 is 0. The summed E-state index contributed by atoms with van der Waals surface area (Å²) in [5.41, 5.74) is -0.505. The third kappa shape index (κ3) is 4.36. The summed E-state index contributed by atoms with van der Waals surface area (Å²) in [7, 11) is 0. The van der Waals surface area contributed by atoms with Crippen LogP contribution < -0.4 is 5.56 Å². The summed E-state index contributed by atoms with van der Waals surface area (Å²) in [5, 5.41) is 0. The van der Waals surface area contributed by atoms with E-state index in [2.05, 4.69) is 0 Å². The molecule has 1 aromatic rings. The Bertz CT molecular complexity index is 502. The van der Waals surface area contributed by atoms with Gasteiger partial charge in [-0.1, -0.05) is 6.92 Å². The van der Waals surface area contributed by atoms with E-state index in [1.54, 1.807) is 18.7 Å². The van der Waals surface area contributed by atoms with Gasteiger partial charge < -0.3 is 9.26 Å². The van der Waals surface area contributed by atoms with Gasteiger partial charge in [0.1, 0.15) is 5.76 Å². The van der Waals surface area contributed by atoms with E-state index in [4.69, 9.17) is 9.26 Å². The molecule has 0 radical (unpaired) electrons. The average Bonchev–Trinajstić information content (AvgIpc) is 2.67. The van der Waals surface area contributed by atoms with Crippen LogP contribution in [0.5, 0.6) is 0 Å². The van der Waals surface area contributed by atoms with Crippen LogP contribution in [0.4, 0.5) is 0 Å². The molecule has 0 aromatic carbocycles. The van der Waals surface area contributed by atoms with Gasteiger partial charge in [0.25, 0.3) is 11.5 Å². The Labute approximate surface area is 110 Å². The first kappa shape index (κ1) is 15.2. The van der Waals surface area contributed by atoms with Gasteiger partial charge in [0.2, 0.25) is 0 Å². The van der Waals surface area contributed by atoms with Crippen LogP contribution in [0.15, 0.2) is 15.4 Å². The number of aryl methyl sites for hydroxylation is 1. The standard InChI is InChI=1S/C12H18N2O5/c1-4-13(8-12(17)18-5-2)7-11(16)14-10(15)6-9(3)19-14/h6H,4-5,7-8H2,1-3H3. The minimum atomic E-state index is -0.510. The molecule has 1 rings (SSSR count). The second kappa shape index (κ2) is 6.89. The average molecular weight is 270 g/mol. The molecule has 0 aliphatic rings. The van der Waals surface area contributed by atoms with E-state index in [0.29, 0.717) is 23.7 Å². The maximum absolute atomic E-state index is 11.9. The first-order valence-electron chi connectivity index (χ1n) is 6.09. The second-order valence-corrected chi connectivity index (χ2v) is 3.98. The van der Waals surface area contributed by atoms with Crippen molar-refractivity contribution in [1.82, 2.24) is 9.64 Å². The van der Waals surface area contributed by atoms with Gasteiger partial charge in [-0.2, -0.15) is 0 Å². The van der Waals surface area contributed by atoms with Crippen LogP contribution in [0.1, 0.15) is 24.4 Å². The molecule has 0 atom stereocenters. The van der Waals surface area contributed by atoms with Crippen LogP contribution in [-0.4, -0.2) is 47.8 Å². The van der Waals surface area contributed by atoms with Crippen LogP contribution in [0.2, 0.25) is 0 Å². The summed E-state index contributed by atoms with van der Waals surface area (Å²) < 4.78 is 10.5. The van der Waals surface area contributed by atoms with Crippen molar-refractivity contribution >= 4 is 11.9 Å². The van der Waals surface area contributed by atoms with E-state index < -0.39 is 17.4 Å². The zero-order chi connectivity index (χ0) is 14.4. The van der Waals surface area contributed by atoms with Crippen molar-refractivity contribution in [3.8, 4) is 0 Å². The number of rotatable bonds is 6. The third-order valence-corrected chi connectivity index (χ3v) is 2.45. The SMILES string of the molecule is CCOC(=O)CN(CC)CC(=O)n1oc(C)cc1=O. The highest BCUT2D eigenvalue weighted by Gasteiger charge is 2.17. The number of carbonyl (C=O) groups excluding carboxylic acids is 2. The molecular formula is C12H18N2O5. The van der Waals surface area contributed by atoms with Gasteiger partial charge >= 0.3 is 5.97 Å². The van der Waals surface area contributed by atoms with Gasteiger partial charge in [0.15, 0.2) is 0 Å². The van der Waals surface area contributed by atoms with Crippen LogP contribution in [0.25, 0.3) is 0 Å². The van der Waals surface area contributed by atoms with Crippen molar-refractivity contribution in [1.29, 1.82) is 0 Å². The monoisotopic (exact) mass is 270 g/mol. The fourth-order valence-electron chi connectivity index (χ4n) is 1.55. The number of hydrogen-bond acceptors (Lipinski definition) is 6. The van der Waals surface area contributed by atoms with E-state index in [0.717, 1.165) is 0 Å². The van der Waals surface area contributed by atoms with E-state index in [9.17, 15) is 14.4 Å². The molecule has 19 heavy (non-hydrogen) atoms. The molecule has 0 saturated heterocycles. The number of esters is 1. The fraction of sp³-hybridized carbons (Fsp3) is 0.583. The highest BCUT2D eigenvalue weighted by atomic mass is 16.5. The Morgan fingerprint density at radius 2 is 2.05 bits per heavy atom. The van der Waals surface area contributed by atoms with Crippen molar-refractivity contribution in [3.05, 3.63) is 22.2 Å². The van der Waals surface area contributed by atoms with E-state index in [1.165, 1.54) is 6.07 Å². The predicted molar refractivity (Wildman–Crippen MR) is 67.1 cm³/mol. The van der Waals surface area contributed by atoms with Gasteiger partial charge in [-0.3, -0.25) is 19.3 Å². The summed E-state index contributed by atoms with van der Waals surface area (Å²) in [4.78, 5) is 36.2. The highest BCUT2D eigenvalue weighted by molar-refractivity contribution is 5.80. The number of ether oxygens (including phenoxy) is 1. The van der Waals surface area contributed by atoms with E-state index in [1.807, 2.05) is 6.92 Å². The Morgan fingerprint density at radius 1 is 1.37 bits per heavy atom. The molecule has 1 aromatic heterocycles. The van der Waals surface area contributed by atoms with Crippen LogP contribution in [0.3, 0.4) is 0 Å². The molecule has 7 heteroatoms. The Balaban J connectivity index is 2.65. The minimum absolute atomic E-state index is 0.00449. The van der Waals surface area contributed by atoms with Crippen molar-refractivity contribution in [2.45, 2.75) is 20.8 Å². The molecule has 7 nitrogen and oxygen atoms in total. The second-order valence-electron chi connectivity index (χ2n) is 3.98. The van der Waals surface area contributed by atoms with Crippen LogP contribution in [-0.2, 0) is 9.53 Å². The lowest BCUT2D eigenvalue weighted by molar-refractivity contribution is -0.144. The maximum atomic E-state index is 11.9. The van der Waals surface area contributed by atoms with Crippen LogP contribution in [0, 0.1) is 6.92 Å². The third-order valence-electron chi connectivity index (χ3n) is 2.45. The molecule has 1 heterocycles. The summed E-state index contributed by atoms with van der Waals surface area (Å²) in [6.45, 7) is 5.81. The smallest absolute Gasteiger partial charge is 0.320 e. The fourth-order valence-corrected chi connectivity index (χ4v) is 1.55. The van der Waals surface area contributed by atoms with Gasteiger partial charge in [-0.05, 0) is 20.4 Å². The largest absolute Gasteiger partial charge is 0.465 e. The number of likely N-dealkylation sites (N-methyl/N-ethyl adjacent to an activating group) is 1. The molecule has 0 aliphatic carbocycles. The molecule has 0 spiro atoms. The molecule has 0 saturated carbocycles. The van der Waals surface area contributed by atoms with E-state index in [-0.39, 0.29) is 13.1 Å². The summed E-state index contributed by atoms with van der Waals surface area (Å²) in [5.74, 6) is -0.545. The summed E-state index contributed by atoms with van der Waals surface area (Å²) in [6.07, 6.45) is 0. The number of hydrogen-bond donors (Lipinski definition) is 0. The first-order valence-corrected chi connectivity index (χ1v) is 6.09. The van der Waals surface area contributed by atoms with Crippen molar-refractivity contribution < 1.29 is 18.8 Å². The van der Waals surface area contributed by atoms with Crippen LogP contribution >= 0.6 is 0 Å². The Kier molecular flexibility index (Phi) is 5.50. The van der Waals surface area contributed by atoms with Crippen molar-refractivity contribution in [3.63, 3.8) is 0 Å². The number of carbonyl (C=O) groups is 2. The number of nitrogens with zero attached hydrogens (tertiary/aromatic N) is 2. The van der Waals surface area contributed by atoms with Gasteiger partial charge in [-0.15, -0.1) is 4.74 Å². The molecule has 0 aliphatic heterocycles. The van der Waals surface area contributed by atoms with Gasteiger partial charge in [0, 0.05) is 6.07 Å². The molecule has 0 unspecified atom stereocenters. The molecule has 0 amide bonds. The summed E-state index contributed by atoms with van der Waals surface area (Å²) in [6, 6.07) is 1.24. The predicted octanol–water partition coefficient (Wildman–Crippen LogP) is 0.275. The lowest BCUT2D eigenvalue weighted by atomic mass is 10.4. The topological polar surface area (TPSA) is 81.8 Å². The molecule has 0 fully saturated rings. The quantitative estimate of drug-likeness (QED) is 0.690. The molecule has 106 valence electrons. The lowest BCUT2D eigenvalue weighted by Crippen LogP contribution is -2.38. The van der Waals surface area contributed by atoms with Gasteiger partial charge in [0.05, 0.1) is 19.7 Å². The first-order chi connectivity index (χ1) is 8.97. The highest BCUT2D eigenvalue weighted by Crippen LogP contribution is 1.96. The van der Waals surface area contributed by atoms with Crippen molar-refractivity contribution in [2.24, 2.45) is 0 Å². The lowest BCUT2D eigenvalue weighted by Gasteiger charge is -2.17. The zero-order valence-corrected chi connectivity index (χ0v) is 11.3. The minimum Gasteiger partial charge on any atom is -0.465 e. The van der Waals surface area contributed by atoms with E-state index >= 15 is 0 Å². The molecular weight excluding hydrogens is 252 g/mol. The van der Waals surface area contributed by atoms with Crippen molar-refractivity contribution in [2.75, 3.05) is 26.2 Å². The number of aromatic nitrogens is 1.